The van der Waals surface area contributed by atoms with Crippen molar-refractivity contribution >= 4 is 12.1 Å². The van der Waals surface area contributed by atoms with Crippen LogP contribution in [0.15, 0.2) is 23.2 Å². The minimum absolute atomic E-state index is 0.0500. The van der Waals surface area contributed by atoms with Gasteiger partial charge in [-0.2, -0.15) is 13.2 Å². The zero-order chi connectivity index (χ0) is 18.9. The van der Waals surface area contributed by atoms with Crippen molar-refractivity contribution in [1.82, 2.24) is 5.32 Å². The van der Waals surface area contributed by atoms with Gasteiger partial charge in [0.1, 0.15) is 11.8 Å². The Morgan fingerprint density at radius 3 is 2.58 bits per heavy atom. The van der Waals surface area contributed by atoms with Crippen molar-refractivity contribution in [2.75, 3.05) is 6.54 Å². The van der Waals surface area contributed by atoms with Crippen LogP contribution < -0.4 is 10.1 Å². The topological polar surface area (TPSA) is 50.7 Å². The van der Waals surface area contributed by atoms with E-state index in [0.29, 0.717) is 18.9 Å². The number of carbonyl (C=O) groups is 1. The fourth-order valence-corrected chi connectivity index (χ4v) is 2.80. The fraction of sp³-hybridized carbons (Fsp3) is 0.579. The normalized spacial score (nSPS) is 20.2. The van der Waals surface area contributed by atoms with Crippen molar-refractivity contribution in [2.45, 2.75) is 51.4 Å². The second kappa shape index (κ2) is 7.29. The van der Waals surface area contributed by atoms with Gasteiger partial charge in [-0.3, -0.25) is 9.79 Å². The molecule has 1 aliphatic heterocycles. The van der Waals surface area contributed by atoms with E-state index < -0.39 is 23.9 Å². The van der Waals surface area contributed by atoms with Crippen molar-refractivity contribution in [3.05, 3.63) is 29.3 Å². The molecule has 0 bridgehead atoms. The summed E-state index contributed by atoms with van der Waals surface area (Å²) in [5.41, 5.74) is -0.650. The van der Waals surface area contributed by atoms with Gasteiger partial charge in [-0.05, 0) is 48.8 Å². The highest BCUT2D eigenvalue weighted by Crippen LogP contribution is 2.40. The highest BCUT2D eigenvalue weighted by atomic mass is 19.4. The first-order valence-corrected chi connectivity index (χ1v) is 8.93. The van der Waals surface area contributed by atoms with Gasteiger partial charge in [0, 0.05) is 12.8 Å². The lowest BCUT2D eigenvalue weighted by molar-refractivity contribution is -0.138. The van der Waals surface area contributed by atoms with Crippen molar-refractivity contribution < 1.29 is 22.7 Å². The highest BCUT2D eigenvalue weighted by molar-refractivity contribution is 5.81. The molecule has 0 radical (unpaired) electrons. The quantitative estimate of drug-likeness (QED) is 0.749. The van der Waals surface area contributed by atoms with Crippen LogP contribution in [0.25, 0.3) is 0 Å². The predicted molar refractivity (Wildman–Crippen MR) is 92.3 cm³/mol. The average Bonchev–Trinajstić information content (AvgIpc) is 3.44. The molecule has 0 aromatic heterocycles. The van der Waals surface area contributed by atoms with Crippen molar-refractivity contribution in [3.63, 3.8) is 0 Å². The summed E-state index contributed by atoms with van der Waals surface area (Å²) in [5, 5.41) is 2.85. The number of ether oxygens (including phenoxy) is 1. The Bertz CT molecular complexity index is 691. The first-order chi connectivity index (χ1) is 12.2. The number of halogens is 3. The Morgan fingerprint density at radius 2 is 2.04 bits per heavy atom. The second-order valence-electron chi connectivity index (χ2n) is 7.41. The van der Waals surface area contributed by atoms with E-state index in [0.717, 1.165) is 18.9 Å². The zero-order valence-electron chi connectivity index (χ0n) is 14.8. The Labute approximate surface area is 150 Å². The highest BCUT2D eigenvalue weighted by Gasteiger charge is 2.37. The van der Waals surface area contributed by atoms with Crippen LogP contribution in [-0.4, -0.2) is 24.8 Å². The molecule has 3 rings (SSSR count). The van der Waals surface area contributed by atoms with E-state index >= 15 is 0 Å². The van der Waals surface area contributed by atoms with Crippen LogP contribution in [-0.2, 0) is 11.0 Å². The van der Waals surface area contributed by atoms with Crippen LogP contribution in [0.3, 0.4) is 0 Å². The van der Waals surface area contributed by atoms with E-state index in [1.54, 1.807) is 0 Å². The lowest BCUT2D eigenvalue weighted by Gasteiger charge is -2.22. The molecule has 1 N–H and O–H groups in total. The molecule has 2 aliphatic rings. The molecule has 0 spiro atoms. The molecule has 1 aliphatic carbocycles. The molecule has 142 valence electrons. The van der Waals surface area contributed by atoms with Crippen LogP contribution >= 0.6 is 0 Å². The van der Waals surface area contributed by atoms with Crippen molar-refractivity contribution in [1.29, 1.82) is 0 Å². The van der Waals surface area contributed by atoms with E-state index in [1.807, 2.05) is 13.8 Å². The van der Waals surface area contributed by atoms with Gasteiger partial charge in [0.25, 0.3) is 5.91 Å². The lowest BCUT2D eigenvalue weighted by Crippen LogP contribution is -2.40. The first kappa shape index (κ1) is 18.7. The summed E-state index contributed by atoms with van der Waals surface area (Å²) in [5.74, 6) is 0.476. The molecular formula is C19H23F3N2O2. The number of aliphatic imine (C=N–C) groups is 1. The van der Waals surface area contributed by atoms with Crippen LogP contribution in [0.4, 0.5) is 13.2 Å². The maximum atomic E-state index is 13.3. The van der Waals surface area contributed by atoms with E-state index in [9.17, 15) is 18.0 Å². The Hall–Kier alpha value is -2.05. The fourth-order valence-electron chi connectivity index (χ4n) is 2.80. The predicted octanol–water partition coefficient (Wildman–Crippen LogP) is 4.15. The van der Waals surface area contributed by atoms with Gasteiger partial charge in [-0.1, -0.05) is 19.9 Å². The second-order valence-corrected chi connectivity index (χ2v) is 7.41. The summed E-state index contributed by atoms with van der Waals surface area (Å²) in [4.78, 5) is 16.2. The minimum Gasteiger partial charge on any atom is -0.481 e. The molecule has 1 fully saturated rings. The van der Waals surface area contributed by atoms with Crippen LogP contribution in [0, 0.1) is 11.8 Å². The van der Waals surface area contributed by atoms with E-state index in [-0.39, 0.29) is 23.1 Å². The van der Waals surface area contributed by atoms with Gasteiger partial charge >= 0.3 is 6.18 Å². The Balaban J connectivity index is 1.75. The van der Waals surface area contributed by atoms with Gasteiger partial charge < -0.3 is 10.1 Å². The van der Waals surface area contributed by atoms with E-state index in [2.05, 4.69) is 10.3 Å². The average molecular weight is 368 g/mol. The van der Waals surface area contributed by atoms with Crippen molar-refractivity contribution in [2.24, 2.45) is 16.8 Å². The standard InChI is InChI=1S/C19H23F3N2O2/c1-11(2)7-17(18(25)24-9-12-3-4-12)26-13-5-6-14(16-10-23-16)15(8-13)19(20,21)22/h5-6,8,10-12,16-17H,3-4,7,9H2,1-2H3,(H,24,25). The van der Waals surface area contributed by atoms with Gasteiger partial charge in [0.05, 0.1) is 5.56 Å². The third-order valence-electron chi connectivity index (χ3n) is 4.47. The number of rotatable bonds is 8. The number of carbonyl (C=O) groups excluding carboxylic acids is 1. The molecule has 1 saturated carbocycles. The number of hydrogen-bond donors (Lipinski definition) is 1. The number of hydrogen-bond acceptors (Lipinski definition) is 3. The monoisotopic (exact) mass is 368 g/mol. The van der Waals surface area contributed by atoms with Gasteiger partial charge in [0.15, 0.2) is 6.10 Å². The van der Waals surface area contributed by atoms with Gasteiger partial charge in [0.2, 0.25) is 0 Å². The maximum absolute atomic E-state index is 13.3. The molecule has 1 aromatic rings. The smallest absolute Gasteiger partial charge is 0.416 e. The van der Waals surface area contributed by atoms with Gasteiger partial charge in [-0.15, -0.1) is 0 Å². The molecule has 1 heterocycles. The molecular weight excluding hydrogens is 345 g/mol. The molecule has 1 amide bonds. The lowest BCUT2D eigenvalue weighted by atomic mass is 10.0. The number of nitrogens with one attached hydrogen (secondary N) is 1. The maximum Gasteiger partial charge on any atom is 0.416 e. The summed E-state index contributed by atoms with van der Waals surface area (Å²) < 4.78 is 45.7. The number of amides is 1. The molecule has 26 heavy (non-hydrogen) atoms. The summed E-state index contributed by atoms with van der Waals surface area (Å²) in [6.07, 6.45) is -1.19. The molecule has 0 saturated heterocycles. The van der Waals surface area contributed by atoms with E-state index in [4.69, 9.17) is 4.74 Å². The number of benzene rings is 1. The third-order valence-corrected chi connectivity index (χ3v) is 4.47. The first-order valence-electron chi connectivity index (χ1n) is 8.93. The molecule has 2 unspecified atom stereocenters. The SMILES string of the molecule is CC(C)CC(Oc1ccc(C2C=N2)c(C(F)(F)F)c1)C(=O)NCC1CC1. The molecule has 1 aromatic carbocycles. The van der Waals surface area contributed by atoms with Crippen LogP contribution in [0.1, 0.15) is 50.3 Å². The number of alkyl halides is 3. The van der Waals surface area contributed by atoms with E-state index in [1.165, 1.54) is 18.3 Å². The molecule has 2 atom stereocenters. The van der Waals surface area contributed by atoms with Crippen molar-refractivity contribution in [3.8, 4) is 5.75 Å². The molecule has 4 nitrogen and oxygen atoms in total. The number of nitrogens with zero attached hydrogens (tertiary/aromatic N) is 1. The summed E-state index contributed by atoms with van der Waals surface area (Å²) in [6.45, 7) is 4.49. The summed E-state index contributed by atoms with van der Waals surface area (Å²) in [6, 6.07) is 3.32. The van der Waals surface area contributed by atoms with Gasteiger partial charge in [-0.25, -0.2) is 0 Å². The summed E-state index contributed by atoms with van der Waals surface area (Å²) in [7, 11) is 0. The van der Waals surface area contributed by atoms with Crippen LogP contribution in [0.5, 0.6) is 5.75 Å². The summed E-state index contributed by atoms with van der Waals surface area (Å²) >= 11 is 0. The zero-order valence-corrected chi connectivity index (χ0v) is 14.8. The Morgan fingerprint density at radius 1 is 1.35 bits per heavy atom. The third kappa shape index (κ3) is 4.99. The molecule has 7 heteroatoms. The minimum atomic E-state index is -4.50. The largest absolute Gasteiger partial charge is 0.481 e. The van der Waals surface area contributed by atoms with Crippen LogP contribution in [0.2, 0.25) is 0 Å². The Kier molecular flexibility index (Phi) is 5.25.